The van der Waals surface area contributed by atoms with Crippen LogP contribution in [-0.2, 0) is 14.3 Å². The van der Waals surface area contributed by atoms with Crippen molar-refractivity contribution in [3.05, 3.63) is 0 Å². The predicted molar refractivity (Wildman–Crippen MR) is 121 cm³/mol. The van der Waals surface area contributed by atoms with E-state index < -0.39 is 0 Å². The van der Waals surface area contributed by atoms with Gasteiger partial charge in [0, 0.05) is 6.61 Å². The predicted octanol–water partition coefficient (Wildman–Crippen LogP) is 7.46. The van der Waals surface area contributed by atoms with Gasteiger partial charge in [0.15, 0.2) is 0 Å². The molecule has 0 spiro atoms. The molecule has 2 saturated carbocycles. The molecule has 0 N–H and O–H groups in total. The topological polar surface area (TPSA) is 35.5 Å². The molecule has 3 heteroatoms. The highest BCUT2D eigenvalue weighted by Gasteiger charge is 2.34. The first-order valence-corrected chi connectivity index (χ1v) is 13.0. The van der Waals surface area contributed by atoms with Gasteiger partial charge in [0.2, 0.25) is 0 Å². The fraction of sp³-hybridized carbons (Fsp3) is 0.962. The van der Waals surface area contributed by atoms with E-state index in [0.717, 1.165) is 37.7 Å². The molecule has 1 atom stereocenters. The molecule has 170 valence electrons. The van der Waals surface area contributed by atoms with Crippen LogP contribution >= 0.6 is 0 Å². The highest BCUT2D eigenvalue weighted by Crippen LogP contribution is 2.41. The van der Waals surface area contributed by atoms with Crippen LogP contribution in [0, 0.1) is 17.8 Å². The fourth-order valence-electron chi connectivity index (χ4n) is 5.37. The highest BCUT2D eigenvalue weighted by molar-refractivity contribution is 5.72. The van der Waals surface area contributed by atoms with E-state index in [1.54, 1.807) is 0 Å². The summed E-state index contributed by atoms with van der Waals surface area (Å²) in [5.74, 6) is 1.92. The largest absolute Gasteiger partial charge is 0.462 e. The molecule has 0 aliphatic heterocycles. The van der Waals surface area contributed by atoms with Crippen LogP contribution < -0.4 is 0 Å². The van der Waals surface area contributed by atoms with Crippen molar-refractivity contribution >= 4 is 5.97 Å². The van der Waals surface area contributed by atoms with Gasteiger partial charge in [0.05, 0.1) is 18.1 Å². The van der Waals surface area contributed by atoms with Crippen molar-refractivity contribution in [2.24, 2.45) is 17.8 Å². The lowest BCUT2D eigenvalue weighted by Crippen LogP contribution is -2.31. The number of unbranched alkanes of at least 4 members (excludes halogenated alkanes) is 5. The Morgan fingerprint density at radius 3 is 2.00 bits per heavy atom. The molecular weight excluding hydrogens is 360 g/mol. The van der Waals surface area contributed by atoms with Crippen LogP contribution in [0.1, 0.15) is 124 Å². The SMILES string of the molecule is CCCCCCC(C)OC(=O)C1CCC(C2CCC(OCCCCC)CC2)CC1. The van der Waals surface area contributed by atoms with E-state index in [2.05, 4.69) is 20.8 Å². The Balaban J connectivity index is 1.58. The van der Waals surface area contributed by atoms with E-state index in [4.69, 9.17) is 9.47 Å². The summed E-state index contributed by atoms with van der Waals surface area (Å²) in [6, 6.07) is 0. The Labute approximate surface area is 180 Å². The van der Waals surface area contributed by atoms with E-state index >= 15 is 0 Å². The monoisotopic (exact) mass is 408 g/mol. The molecule has 0 aromatic carbocycles. The molecule has 0 aromatic rings. The number of ether oxygens (including phenoxy) is 2. The second-order valence-corrected chi connectivity index (χ2v) is 9.82. The van der Waals surface area contributed by atoms with Crippen molar-refractivity contribution in [1.29, 1.82) is 0 Å². The normalized spacial score (nSPS) is 28.8. The molecule has 0 heterocycles. The Hall–Kier alpha value is -0.570. The molecule has 2 fully saturated rings. The van der Waals surface area contributed by atoms with Gasteiger partial charge in [0.1, 0.15) is 0 Å². The van der Waals surface area contributed by atoms with Crippen LogP contribution in [-0.4, -0.2) is 24.8 Å². The molecule has 0 bridgehead atoms. The second kappa shape index (κ2) is 14.4. The van der Waals surface area contributed by atoms with Crippen molar-refractivity contribution in [1.82, 2.24) is 0 Å². The zero-order valence-electron chi connectivity index (χ0n) is 19.6. The van der Waals surface area contributed by atoms with E-state index in [9.17, 15) is 4.79 Å². The summed E-state index contributed by atoms with van der Waals surface area (Å²) < 4.78 is 11.9. The number of hydrogen-bond donors (Lipinski definition) is 0. The van der Waals surface area contributed by atoms with Crippen molar-refractivity contribution < 1.29 is 14.3 Å². The maximum absolute atomic E-state index is 12.5. The Morgan fingerprint density at radius 2 is 1.38 bits per heavy atom. The van der Waals surface area contributed by atoms with Gasteiger partial charge in [-0.05, 0) is 89.4 Å². The average molecular weight is 409 g/mol. The van der Waals surface area contributed by atoms with Gasteiger partial charge in [-0.15, -0.1) is 0 Å². The van der Waals surface area contributed by atoms with Gasteiger partial charge in [-0.1, -0.05) is 46.0 Å². The lowest BCUT2D eigenvalue weighted by Gasteiger charge is -2.37. The molecule has 0 radical (unpaired) electrons. The molecular formula is C26H48O3. The molecule has 0 aromatic heterocycles. The Kier molecular flexibility index (Phi) is 12.3. The van der Waals surface area contributed by atoms with Gasteiger partial charge in [0.25, 0.3) is 0 Å². The summed E-state index contributed by atoms with van der Waals surface area (Å²) >= 11 is 0. The first-order chi connectivity index (χ1) is 14.1. The zero-order chi connectivity index (χ0) is 20.9. The van der Waals surface area contributed by atoms with Crippen molar-refractivity contribution in [3.8, 4) is 0 Å². The summed E-state index contributed by atoms with van der Waals surface area (Å²) in [5, 5.41) is 0. The van der Waals surface area contributed by atoms with Crippen LogP contribution in [0.3, 0.4) is 0 Å². The lowest BCUT2D eigenvalue weighted by atomic mass is 9.70. The standard InChI is InChI=1S/C26H48O3/c1-4-6-8-9-11-21(3)29-26(27)24-14-12-22(13-15-24)23-16-18-25(19-17-23)28-20-10-7-5-2/h21-25H,4-20H2,1-3H3. The van der Waals surface area contributed by atoms with Crippen LogP contribution in [0.15, 0.2) is 0 Å². The smallest absolute Gasteiger partial charge is 0.309 e. The molecule has 0 saturated heterocycles. The van der Waals surface area contributed by atoms with Crippen molar-refractivity contribution in [2.45, 2.75) is 136 Å². The number of carbonyl (C=O) groups is 1. The van der Waals surface area contributed by atoms with Crippen molar-refractivity contribution in [2.75, 3.05) is 6.61 Å². The van der Waals surface area contributed by atoms with Gasteiger partial charge in [-0.2, -0.15) is 0 Å². The third-order valence-corrected chi connectivity index (χ3v) is 7.37. The first kappa shape index (κ1) is 24.7. The number of hydrogen-bond acceptors (Lipinski definition) is 3. The van der Waals surface area contributed by atoms with Crippen LogP contribution in [0.4, 0.5) is 0 Å². The van der Waals surface area contributed by atoms with E-state index in [0.29, 0.717) is 6.10 Å². The summed E-state index contributed by atoms with van der Waals surface area (Å²) in [5.41, 5.74) is 0. The zero-order valence-corrected chi connectivity index (χ0v) is 19.6. The molecule has 1 unspecified atom stereocenters. The van der Waals surface area contributed by atoms with E-state index in [-0.39, 0.29) is 18.0 Å². The lowest BCUT2D eigenvalue weighted by molar-refractivity contribution is -0.155. The Morgan fingerprint density at radius 1 is 0.793 bits per heavy atom. The average Bonchev–Trinajstić information content (AvgIpc) is 2.75. The molecule has 0 amide bonds. The minimum atomic E-state index is 0.0793. The minimum absolute atomic E-state index is 0.0793. The second-order valence-electron chi connectivity index (χ2n) is 9.82. The Bertz CT molecular complexity index is 420. The maximum atomic E-state index is 12.5. The van der Waals surface area contributed by atoms with Gasteiger partial charge >= 0.3 is 5.97 Å². The number of rotatable bonds is 13. The number of esters is 1. The third kappa shape index (κ3) is 9.40. The van der Waals surface area contributed by atoms with Gasteiger partial charge in [-0.3, -0.25) is 4.79 Å². The fourth-order valence-corrected chi connectivity index (χ4v) is 5.37. The quantitative estimate of drug-likeness (QED) is 0.234. The summed E-state index contributed by atoms with van der Waals surface area (Å²) in [7, 11) is 0. The minimum Gasteiger partial charge on any atom is -0.462 e. The van der Waals surface area contributed by atoms with Crippen LogP contribution in [0.5, 0.6) is 0 Å². The molecule has 2 aliphatic carbocycles. The highest BCUT2D eigenvalue weighted by atomic mass is 16.5. The van der Waals surface area contributed by atoms with Crippen molar-refractivity contribution in [3.63, 3.8) is 0 Å². The van der Waals surface area contributed by atoms with E-state index in [1.807, 2.05) is 0 Å². The van der Waals surface area contributed by atoms with Gasteiger partial charge in [-0.25, -0.2) is 0 Å². The number of carbonyl (C=O) groups excluding carboxylic acids is 1. The maximum Gasteiger partial charge on any atom is 0.309 e. The third-order valence-electron chi connectivity index (χ3n) is 7.37. The molecule has 2 aliphatic rings. The van der Waals surface area contributed by atoms with Crippen LogP contribution in [0.25, 0.3) is 0 Å². The first-order valence-electron chi connectivity index (χ1n) is 13.0. The van der Waals surface area contributed by atoms with Gasteiger partial charge < -0.3 is 9.47 Å². The molecule has 3 nitrogen and oxygen atoms in total. The molecule has 2 rings (SSSR count). The van der Waals surface area contributed by atoms with Crippen LogP contribution in [0.2, 0.25) is 0 Å². The van der Waals surface area contributed by atoms with E-state index in [1.165, 1.54) is 83.5 Å². The summed E-state index contributed by atoms with van der Waals surface area (Å²) in [4.78, 5) is 12.5. The molecule has 29 heavy (non-hydrogen) atoms. The summed E-state index contributed by atoms with van der Waals surface area (Å²) in [6.45, 7) is 7.49. The summed E-state index contributed by atoms with van der Waals surface area (Å²) in [6.07, 6.45) is 20.0.